The van der Waals surface area contributed by atoms with Gasteiger partial charge in [-0.25, -0.2) is 0 Å². The van der Waals surface area contributed by atoms with Crippen LogP contribution in [-0.2, 0) is 9.59 Å². The van der Waals surface area contributed by atoms with Gasteiger partial charge >= 0.3 is 0 Å². The Bertz CT molecular complexity index is 562. The first-order chi connectivity index (χ1) is 9.45. The molecule has 0 aliphatic carbocycles. The van der Waals surface area contributed by atoms with Gasteiger partial charge in [0, 0.05) is 30.4 Å². The van der Waals surface area contributed by atoms with E-state index in [-0.39, 0.29) is 24.2 Å². The first-order valence-electron chi connectivity index (χ1n) is 6.39. The molecule has 0 radical (unpaired) electrons. The molecule has 106 valence electrons. The van der Waals surface area contributed by atoms with E-state index >= 15 is 0 Å². The van der Waals surface area contributed by atoms with Gasteiger partial charge in [0.2, 0.25) is 5.91 Å². The third-order valence-corrected chi connectivity index (χ3v) is 3.65. The Kier molecular flexibility index (Phi) is 4.54. The van der Waals surface area contributed by atoms with Crippen LogP contribution in [0.3, 0.4) is 0 Å². The molecule has 0 aromatic heterocycles. The number of carbonyl (C=O) groups excluding carboxylic acids is 2. The zero-order valence-corrected chi connectivity index (χ0v) is 13.0. The number of hydrazone groups is 1. The molecule has 1 aromatic rings. The largest absolute Gasteiger partial charge is 0.326 e. The summed E-state index contributed by atoms with van der Waals surface area (Å²) in [6.07, 6.45) is 0.186. The summed E-state index contributed by atoms with van der Waals surface area (Å²) in [7, 11) is 0. The van der Waals surface area contributed by atoms with Gasteiger partial charge in [-0.05, 0) is 24.3 Å². The first-order valence-corrected chi connectivity index (χ1v) is 7.18. The summed E-state index contributed by atoms with van der Waals surface area (Å²) < 4.78 is 2.73. The molecule has 0 bridgehead atoms. The zero-order chi connectivity index (χ0) is 14.7. The van der Waals surface area contributed by atoms with Crippen LogP contribution >= 0.6 is 15.9 Å². The summed E-state index contributed by atoms with van der Waals surface area (Å²) in [6, 6.07) is 7.34. The van der Waals surface area contributed by atoms with Gasteiger partial charge in [-0.2, -0.15) is 0 Å². The molecule has 1 unspecified atom stereocenters. The highest BCUT2D eigenvalue weighted by Gasteiger charge is 2.36. The van der Waals surface area contributed by atoms with E-state index in [2.05, 4.69) is 26.7 Å². The number of hydrogen-bond donors (Lipinski definition) is 2. The smallest absolute Gasteiger partial charge is 0.284 e. The minimum absolute atomic E-state index is 0.0999. The highest BCUT2D eigenvalue weighted by atomic mass is 79.9. The molecule has 5 nitrogen and oxygen atoms in total. The highest BCUT2D eigenvalue weighted by Crippen LogP contribution is 2.16. The Balaban J connectivity index is 1.94. The number of anilines is 1. The predicted molar refractivity (Wildman–Crippen MR) is 80.5 cm³/mol. The fourth-order valence-electron chi connectivity index (χ4n) is 1.99. The van der Waals surface area contributed by atoms with Crippen LogP contribution in [0.4, 0.5) is 5.69 Å². The van der Waals surface area contributed by atoms with Crippen LogP contribution in [0.2, 0.25) is 0 Å². The van der Waals surface area contributed by atoms with Crippen molar-refractivity contribution >= 4 is 39.1 Å². The second-order valence-electron chi connectivity index (χ2n) is 4.99. The molecular weight excluding hydrogens is 322 g/mol. The van der Waals surface area contributed by atoms with E-state index in [0.717, 1.165) is 15.9 Å². The fraction of sp³-hybridized carbons (Fsp3) is 0.357. The molecule has 1 saturated heterocycles. The lowest BCUT2D eigenvalue weighted by Crippen LogP contribution is -2.28. The van der Waals surface area contributed by atoms with Gasteiger partial charge in [-0.15, -0.1) is 10.1 Å². The van der Waals surface area contributed by atoms with Crippen LogP contribution in [0.25, 0.3) is 0 Å². The lowest BCUT2D eigenvalue weighted by molar-refractivity contribution is -0.561. The first kappa shape index (κ1) is 14.7. The van der Waals surface area contributed by atoms with Crippen molar-refractivity contribution in [2.45, 2.75) is 20.3 Å². The Morgan fingerprint density at radius 1 is 1.40 bits per heavy atom. The fourth-order valence-corrected chi connectivity index (χ4v) is 2.26. The second-order valence-corrected chi connectivity index (χ2v) is 5.91. The van der Waals surface area contributed by atoms with Crippen molar-refractivity contribution in [3.05, 3.63) is 28.7 Å². The number of carbonyl (C=O) groups is 2. The van der Waals surface area contributed by atoms with Gasteiger partial charge in [0.15, 0.2) is 12.3 Å². The van der Waals surface area contributed by atoms with Gasteiger partial charge in [0.05, 0.1) is 0 Å². The third-order valence-electron chi connectivity index (χ3n) is 3.12. The Morgan fingerprint density at radius 3 is 2.60 bits per heavy atom. The van der Waals surface area contributed by atoms with E-state index in [1.54, 1.807) is 4.68 Å². The van der Waals surface area contributed by atoms with Crippen molar-refractivity contribution in [2.75, 3.05) is 11.9 Å². The van der Waals surface area contributed by atoms with Crippen molar-refractivity contribution < 1.29 is 14.3 Å². The Hall–Kier alpha value is -1.69. The number of rotatable bonds is 3. The van der Waals surface area contributed by atoms with Gasteiger partial charge in [-0.1, -0.05) is 15.9 Å². The lowest BCUT2D eigenvalue weighted by Gasteiger charge is -2.06. The van der Waals surface area contributed by atoms with E-state index < -0.39 is 0 Å². The number of halogens is 1. The molecule has 2 amide bonds. The standard InChI is InChI=1S/C14H16BrN3O2/c1-9(2)18-8-10(14(20)17-18)7-13(19)16-12-5-3-11(15)4-6-12/h3-6,10H,7-8H2,1-2H3,(H-,16,17,19,20)/p+1. The van der Waals surface area contributed by atoms with E-state index in [9.17, 15) is 9.59 Å². The molecular formula is C14H17BrN3O2+. The SMILES string of the molecule is CC(C)=[N+]1CC(CC(=O)Nc2ccc(Br)cc2)C(=O)N1. The molecule has 20 heavy (non-hydrogen) atoms. The number of amides is 2. The Labute approximate surface area is 126 Å². The zero-order valence-electron chi connectivity index (χ0n) is 11.4. The average molecular weight is 339 g/mol. The molecule has 1 heterocycles. The van der Waals surface area contributed by atoms with Crippen molar-refractivity contribution in [3.63, 3.8) is 0 Å². The minimum Gasteiger partial charge on any atom is -0.326 e. The van der Waals surface area contributed by atoms with Crippen LogP contribution < -0.4 is 10.7 Å². The van der Waals surface area contributed by atoms with Crippen LogP contribution in [0, 0.1) is 5.92 Å². The second kappa shape index (κ2) is 6.17. The van der Waals surface area contributed by atoms with Crippen molar-refractivity contribution in [1.82, 2.24) is 5.43 Å². The van der Waals surface area contributed by atoms with Crippen LogP contribution in [0.15, 0.2) is 28.7 Å². The summed E-state index contributed by atoms with van der Waals surface area (Å²) in [4.78, 5) is 23.7. The van der Waals surface area contributed by atoms with Gasteiger partial charge in [-0.3, -0.25) is 9.59 Å². The maximum Gasteiger partial charge on any atom is 0.284 e. The molecule has 2 rings (SSSR count). The van der Waals surface area contributed by atoms with Gasteiger partial charge in [0.25, 0.3) is 5.91 Å². The predicted octanol–water partition coefficient (Wildman–Crippen LogP) is 1.93. The average Bonchev–Trinajstić information content (AvgIpc) is 2.74. The van der Waals surface area contributed by atoms with E-state index in [1.165, 1.54) is 0 Å². The maximum absolute atomic E-state index is 11.9. The molecule has 0 saturated carbocycles. The molecule has 1 fully saturated rings. The summed E-state index contributed by atoms with van der Waals surface area (Å²) >= 11 is 3.34. The van der Waals surface area contributed by atoms with Crippen molar-refractivity contribution in [2.24, 2.45) is 5.92 Å². The van der Waals surface area contributed by atoms with Gasteiger partial charge in [0.1, 0.15) is 5.92 Å². The molecule has 1 aliphatic heterocycles. The number of benzene rings is 1. The Morgan fingerprint density at radius 2 is 2.05 bits per heavy atom. The molecule has 0 spiro atoms. The quantitative estimate of drug-likeness (QED) is 0.827. The highest BCUT2D eigenvalue weighted by molar-refractivity contribution is 9.10. The minimum atomic E-state index is -0.305. The topological polar surface area (TPSA) is 61.2 Å². The molecule has 2 N–H and O–H groups in total. The van der Waals surface area contributed by atoms with Crippen LogP contribution in [-0.4, -0.2) is 28.8 Å². The van der Waals surface area contributed by atoms with Crippen LogP contribution in [0.5, 0.6) is 0 Å². The van der Waals surface area contributed by atoms with E-state index in [0.29, 0.717) is 6.54 Å². The normalized spacial score (nSPS) is 17.9. The van der Waals surface area contributed by atoms with Crippen molar-refractivity contribution in [1.29, 1.82) is 0 Å². The molecule has 1 atom stereocenters. The number of nitrogens with zero attached hydrogens (tertiary/aromatic N) is 1. The number of hydrogen-bond acceptors (Lipinski definition) is 2. The lowest BCUT2D eigenvalue weighted by atomic mass is 10.1. The van der Waals surface area contributed by atoms with E-state index in [1.807, 2.05) is 38.1 Å². The summed E-state index contributed by atoms with van der Waals surface area (Å²) in [5, 5.41) is 2.80. The van der Waals surface area contributed by atoms with Gasteiger partial charge < -0.3 is 5.32 Å². The monoisotopic (exact) mass is 338 g/mol. The molecule has 6 heteroatoms. The summed E-state index contributed by atoms with van der Waals surface area (Å²) in [5.74, 6) is -0.555. The third kappa shape index (κ3) is 3.66. The number of hydrazine groups is 1. The van der Waals surface area contributed by atoms with Crippen LogP contribution in [0.1, 0.15) is 20.3 Å². The molecule has 1 aliphatic rings. The van der Waals surface area contributed by atoms with Crippen molar-refractivity contribution in [3.8, 4) is 0 Å². The molecule has 1 aromatic carbocycles. The van der Waals surface area contributed by atoms with E-state index in [4.69, 9.17) is 0 Å². The number of nitrogens with one attached hydrogen (secondary N) is 2. The summed E-state index contributed by atoms with van der Waals surface area (Å²) in [6.45, 7) is 4.38. The summed E-state index contributed by atoms with van der Waals surface area (Å²) in [5.41, 5.74) is 4.49. The maximum atomic E-state index is 11.9.